The quantitative estimate of drug-likeness (QED) is 0.476. The fourth-order valence-corrected chi connectivity index (χ4v) is 1.31. The van der Waals surface area contributed by atoms with Crippen molar-refractivity contribution in [3.63, 3.8) is 0 Å². The Hall–Kier alpha value is -2.21. The van der Waals surface area contributed by atoms with Gasteiger partial charge in [-0.25, -0.2) is 9.97 Å². The van der Waals surface area contributed by atoms with Crippen LogP contribution < -0.4 is 4.74 Å². The Labute approximate surface area is 101 Å². The summed E-state index contributed by atoms with van der Waals surface area (Å²) in [6, 6.07) is 5.91. The topological polar surface area (TPSA) is 78.2 Å². The van der Waals surface area contributed by atoms with Gasteiger partial charge in [0.25, 0.3) is 5.88 Å². The van der Waals surface area contributed by atoms with Crippen molar-refractivity contribution in [3.05, 3.63) is 51.9 Å². The van der Waals surface area contributed by atoms with Crippen molar-refractivity contribution in [3.8, 4) is 11.6 Å². The number of aromatic nitrogens is 2. The third kappa shape index (κ3) is 2.48. The highest BCUT2D eigenvalue weighted by atomic mass is 35.5. The van der Waals surface area contributed by atoms with Gasteiger partial charge in [-0.1, -0.05) is 11.6 Å². The van der Waals surface area contributed by atoms with Crippen molar-refractivity contribution >= 4 is 17.3 Å². The molecular weight excluding hydrogens is 246 g/mol. The number of rotatable bonds is 3. The van der Waals surface area contributed by atoms with E-state index < -0.39 is 4.92 Å². The van der Waals surface area contributed by atoms with Gasteiger partial charge in [0.05, 0.1) is 4.92 Å². The van der Waals surface area contributed by atoms with Crippen LogP contribution in [0.5, 0.6) is 11.6 Å². The zero-order chi connectivity index (χ0) is 12.3. The molecule has 6 nitrogen and oxygen atoms in total. The lowest BCUT2D eigenvalue weighted by molar-refractivity contribution is -0.386. The highest BCUT2D eigenvalue weighted by molar-refractivity contribution is 6.30. The van der Waals surface area contributed by atoms with E-state index in [2.05, 4.69) is 9.97 Å². The van der Waals surface area contributed by atoms with Gasteiger partial charge in [-0.05, 0) is 18.2 Å². The molecule has 0 spiro atoms. The molecule has 0 bridgehead atoms. The van der Waals surface area contributed by atoms with Gasteiger partial charge in [0.1, 0.15) is 0 Å². The molecule has 0 saturated heterocycles. The van der Waals surface area contributed by atoms with Crippen molar-refractivity contribution in [1.82, 2.24) is 9.97 Å². The Balaban J connectivity index is 2.37. The number of pyridine rings is 2. The molecule has 0 aliphatic heterocycles. The molecule has 0 aliphatic rings. The molecule has 2 aromatic rings. The maximum atomic E-state index is 10.7. The summed E-state index contributed by atoms with van der Waals surface area (Å²) in [6.07, 6.45) is 2.88. The molecule has 0 radical (unpaired) electrons. The molecule has 2 heterocycles. The van der Waals surface area contributed by atoms with E-state index in [-0.39, 0.29) is 22.5 Å². The van der Waals surface area contributed by atoms with Gasteiger partial charge in [0.2, 0.25) is 0 Å². The third-order valence-electron chi connectivity index (χ3n) is 1.88. The second kappa shape index (κ2) is 4.75. The minimum atomic E-state index is -0.577. The number of nitrogens with zero attached hydrogens (tertiary/aromatic N) is 3. The van der Waals surface area contributed by atoms with E-state index in [4.69, 9.17) is 16.3 Å². The summed E-state index contributed by atoms with van der Waals surface area (Å²) < 4.78 is 5.25. The van der Waals surface area contributed by atoms with Crippen LogP contribution in [0.1, 0.15) is 0 Å². The van der Waals surface area contributed by atoms with Gasteiger partial charge in [-0.3, -0.25) is 10.1 Å². The summed E-state index contributed by atoms with van der Waals surface area (Å²) in [7, 11) is 0. The summed E-state index contributed by atoms with van der Waals surface area (Å²) in [5, 5.41) is 10.9. The molecule has 2 aromatic heterocycles. The van der Waals surface area contributed by atoms with E-state index >= 15 is 0 Å². The van der Waals surface area contributed by atoms with Crippen molar-refractivity contribution in [2.24, 2.45) is 0 Å². The SMILES string of the molecule is O=[N+]([O-])c1cccnc1Oc1cccnc1Cl. The molecular formula is C10H6ClN3O3. The number of hydrogen-bond donors (Lipinski definition) is 0. The Morgan fingerprint density at radius 2 is 1.94 bits per heavy atom. The van der Waals surface area contributed by atoms with Crippen molar-refractivity contribution < 1.29 is 9.66 Å². The average molecular weight is 252 g/mol. The number of hydrogen-bond acceptors (Lipinski definition) is 5. The highest BCUT2D eigenvalue weighted by Gasteiger charge is 2.17. The summed E-state index contributed by atoms with van der Waals surface area (Å²) in [4.78, 5) is 17.7. The van der Waals surface area contributed by atoms with Crippen LogP contribution in [0.15, 0.2) is 36.7 Å². The molecule has 0 amide bonds. The minimum Gasteiger partial charge on any atom is -0.430 e. The van der Waals surface area contributed by atoms with Gasteiger partial charge in [-0.15, -0.1) is 0 Å². The molecule has 0 unspecified atom stereocenters. The van der Waals surface area contributed by atoms with Crippen LogP contribution in [0.3, 0.4) is 0 Å². The first-order chi connectivity index (χ1) is 8.18. The van der Waals surface area contributed by atoms with Crippen LogP contribution in [-0.2, 0) is 0 Å². The first kappa shape index (κ1) is 11.3. The van der Waals surface area contributed by atoms with E-state index in [9.17, 15) is 10.1 Å². The molecule has 0 N–H and O–H groups in total. The third-order valence-corrected chi connectivity index (χ3v) is 2.16. The summed E-state index contributed by atoms with van der Waals surface area (Å²) in [5.41, 5.74) is -0.229. The van der Waals surface area contributed by atoms with Gasteiger partial charge in [0.15, 0.2) is 10.9 Å². The lowest BCUT2D eigenvalue weighted by Crippen LogP contribution is -1.96. The Bertz CT molecular complexity index is 562. The molecule has 0 fully saturated rings. The summed E-state index contributed by atoms with van der Waals surface area (Å²) in [5.74, 6) is 0.100. The highest BCUT2D eigenvalue weighted by Crippen LogP contribution is 2.31. The number of nitro groups is 1. The zero-order valence-corrected chi connectivity index (χ0v) is 9.16. The molecule has 0 aromatic carbocycles. The average Bonchev–Trinajstić information content (AvgIpc) is 2.32. The van der Waals surface area contributed by atoms with Gasteiger partial charge >= 0.3 is 5.69 Å². The fourth-order valence-electron chi connectivity index (χ4n) is 1.15. The smallest absolute Gasteiger partial charge is 0.331 e. The standard InChI is InChI=1S/C10H6ClN3O3/c11-9-8(4-2-5-12-9)17-10-7(14(15)16)3-1-6-13-10/h1-6H. The van der Waals surface area contributed by atoms with Crippen LogP contribution in [0.25, 0.3) is 0 Å². The van der Waals surface area contributed by atoms with Crippen LogP contribution >= 0.6 is 11.6 Å². The Kier molecular flexibility index (Phi) is 3.15. The van der Waals surface area contributed by atoms with Crippen LogP contribution in [0.4, 0.5) is 5.69 Å². The zero-order valence-electron chi connectivity index (χ0n) is 8.41. The van der Waals surface area contributed by atoms with Gasteiger partial charge < -0.3 is 4.74 Å². The van der Waals surface area contributed by atoms with Gasteiger partial charge in [-0.2, -0.15) is 0 Å². The monoisotopic (exact) mass is 251 g/mol. The van der Waals surface area contributed by atoms with E-state index in [1.807, 2.05) is 0 Å². The first-order valence-corrected chi connectivity index (χ1v) is 4.94. The van der Waals surface area contributed by atoms with E-state index in [0.717, 1.165) is 0 Å². The molecule has 17 heavy (non-hydrogen) atoms. The molecule has 2 rings (SSSR count). The number of ether oxygens (including phenoxy) is 1. The Morgan fingerprint density at radius 1 is 1.24 bits per heavy atom. The van der Waals surface area contributed by atoms with Crippen molar-refractivity contribution in [2.45, 2.75) is 0 Å². The molecule has 0 aliphatic carbocycles. The van der Waals surface area contributed by atoms with E-state index in [1.54, 1.807) is 12.1 Å². The van der Waals surface area contributed by atoms with E-state index in [0.29, 0.717) is 0 Å². The molecule has 86 valence electrons. The predicted molar refractivity (Wildman–Crippen MR) is 60.2 cm³/mol. The maximum Gasteiger partial charge on any atom is 0.331 e. The molecule has 0 saturated carbocycles. The van der Waals surface area contributed by atoms with E-state index in [1.165, 1.54) is 24.5 Å². The van der Waals surface area contributed by atoms with Crippen LogP contribution in [0.2, 0.25) is 5.15 Å². The normalized spacial score (nSPS) is 9.94. The number of halogens is 1. The minimum absolute atomic E-state index is 0.118. The van der Waals surface area contributed by atoms with Gasteiger partial charge in [0, 0.05) is 18.5 Å². The Morgan fingerprint density at radius 3 is 2.65 bits per heavy atom. The second-order valence-corrected chi connectivity index (χ2v) is 3.34. The van der Waals surface area contributed by atoms with Crippen LogP contribution in [0, 0.1) is 10.1 Å². The van der Waals surface area contributed by atoms with Crippen molar-refractivity contribution in [2.75, 3.05) is 0 Å². The summed E-state index contributed by atoms with van der Waals surface area (Å²) >= 11 is 5.77. The fraction of sp³-hybridized carbons (Fsp3) is 0. The summed E-state index contributed by atoms with van der Waals surface area (Å²) in [6.45, 7) is 0. The first-order valence-electron chi connectivity index (χ1n) is 4.56. The maximum absolute atomic E-state index is 10.7. The van der Waals surface area contributed by atoms with Crippen molar-refractivity contribution in [1.29, 1.82) is 0 Å². The molecule has 0 atom stereocenters. The largest absolute Gasteiger partial charge is 0.430 e. The molecule has 7 heteroatoms. The second-order valence-electron chi connectivity index (χ2n) is 2.98. The predicted octanol–water partition coefficient (Wildman–Crippen LogP) is 2.83. The lowest BCUT2D eigenvalue weighted by atomic mass is 10.4. The lowest BCUT2D eigenvalue weighted by Gasteiger charge is -2.05. The van der Waals surface area contributed by atoms with Crippen LogP contribution in [-0.4, -0.2) is 14.9 Å².